The number of fused-ring (bicyclic) bond motifs is 5. The summed E-state index contributed by atoms with van der Waals surface area (Å²) in [5, 5.41) is 0. The second-order valence-electron chi connectivity index (χ2n) is 5.06. The average molecular weight is 234 g/mol. The summed E-state index contributed by atoms with van der Waals surface area (Å²) in [4.78, 5) is 0. The molecular formula is C11H15LiOS2. The van der Waals surface area contributed by atoms with Crippen LogP contribution in [0.15, 0.2) is 0 Å². The number of rotatable bonds is 1. The molecule has 0 aromatic carbocycles. The van der Waals surface area contributed by atoms with Crippen LogP contribution in [0, 0.1) is 23.7 Å². The third-order valence-corrected chi connectivity index (χ3v) is 4.81. The fourth-order valence-electron chi connectivity index (χ4n) is 4.26. The summed E-state index contributed by atoms with van der Waals surface area (Å²) in [6.45, 7) is 0. The summed E-state index contributed by atoms with van der Waals surface area (Å²) in [5.74, 6) is 3.69. The predicted octanol–water partition coefficient (Wildman–Crippen LogP) is -0.336. The van der Waals surface area contributed by atoms with Crippen molar-refractivity contribution < 1.29 is 23.6 Å². The van der Waals surface area contributed by atoms with Crippen molar-refractivity contribution in [2.24, 2.45) is 23.7 Å². The third kappa shape index (κ3) is 1.97. The summed E-state index contributed by atoms with van der Waals surface area (Å²) < 4.78 is 5.93. The molecule has 3 aliphatic rings. The number of ether oxygens (including phenoxy) is 1. The van der Waals surface area contributed by atoms with Gasteiger partial charge < -0.3 is 29.6 Å². The van der Waals surface area contributed by atoms with Crippen molar-refractivity contribution >= 4 is 29.2 Å². The van der Waals surface area contributed by atoms with Crippen molar-refractivity contribution in [1.29, 1.82) is 0 Å². The number of hydrogen-bond acceptors (Lipinski definition) is 3. The molecule has 0 heterocycles. The van der Waals surface area contributed by atoms with Crippen LogP contribution in [0.3, 0.4) is 0 Å². The first-order valence-electron chi connectivity index (χ1n) is 5.63. The molecule has 0 radical (unpaired) electrons. The Morgan fingerprint density at radius 1 is 1.13 bits per heavy atom. The molecule has 15 heavy (non-hydrogen) atoms. The summed E-state index contributed by atoms with van der Waals surface area (Å²) in [6.07, 6.45) is 7.32. The van der Waals surface area contributed by atoms with Gasteiger partial charge in [-0.05, 0) is 49.4 Å². The Kier molecular flexibility index (Phi) is 3.67. The zero-order chi connectivity index (χ0) is 9.71. The van der Waals surface area contributed by atoms with Crippen LogP contribution in [-0.2, 0) is 17.4 Å². The Bertz CT molecular complexity index is 271. The molecule has 3 fully saturated rings. The van der Waals surface area contributed by atoms with E-state index in [9.17, 15) is 0 Å². The van der Waals surface area contributed by atoms with Crippen molar-refractivity contribution in [3.8, 4) is 0 Å². The largest absolute Gasteiger partial charge is 1.00 e. The molecule has 4 heteroatoms. The maximum atomic E-state index is 5.60. The van der Waals surface area contributed by atoms with E-state index in [-0.39, 0.29) is 18.9 Å². The summed E-state index contributed by atoms with van der Waals surface area (Å²) in [6, 6.07) is 0. The van der Waals surface area contributed by atoms with E-state index in [1.54, 1.807) is 0 Å². The predicted molar refractivity (Wildman–Crippen MR) is 61.9 cm³/mol. The molecule has 5 atom stereocenters. The van der Waals surface area contributed by atoms with Gasteiger partial charge in [0.05, 0.1) is 6.10 Å². The van der Waals surface area contributed by atoms with Crippen molar-refractivity contribution in [3.05, 3.63) is 0 Å². The first-order chi connectivity index (χ1) is 6.75. The molecule has 78 valence electrons. The van der Waals surface area contributed by atoms with Gasteiger partial charge in [0.2, 0.25) is 0 Å². The average Bonchev–Trinajstić information content (AvgIpc) is 2.68. The van der Waals surface area contributed by atoms with Gasteiger partial charge in [-0.25, -0.2) is 0 Å². The summed E-state index contributed by atoms with van der Waals surface area (Å²) >= 11 is 9.72. The molecule has 3 unspecified atom stereocenters. The van der Waals surface area contributed by atoms with E-state index in [0.29, 0.717) is 10.5 Å². The second-order valence-corrected chi connectivity index (χ2v) is 6.06. The van der Waals surface area contributed by atoms with E-state index in [0.717, 1.165) is 23.7 Å². The monoisotopic (exact) mass is 234 g/mol. The first kappa shape index (κ1) is 12.2. The quantitative estimate of drug-likeness (QED) is 0.349. The Morgan fingerprint density at radius 3 is 2.60 bits per heavy atom. The SMILES string of the molecule is S=C([S-])OC1C[C@@H]2C[C@H]1C1CCCC12.[Li+]. The maximum Gasteiger partial charge on any atom is 1.00 e. The molecule has 0 saturated heterocycles. The van der Waals surface area contributed by atoms with Gasteiger partial charge in [0.25, 0.3) is 0 Å². The molecular weight excluding hydrogens is 219 g/mol. The maximum absolute atomic E-state index is 5.60. The smallest absolute Gasteiger partial charge is 0.510 e. The third-order valence-electron chi connectivity index (χ3n) is 4.62. The van der Waals surface area contributed by atoms with Crippen LogP contribution in [0.2, 0.25) is 0 Å². The van der Waals surface area contributed by atoms with Gasteiger partial charge in [0.1, 0.15) is 0 Å². The molecule has 0 aromatic rings. The molecule has 0 spiro atoms. The van der Waals surface area contributed by atoms with Crippen molar-refractivity contribution in [2.45, 2.75) is 38.2 Å². The van der Waals surface area contributed by atoms with Crippen LogP contribution in [0.4, 0.5) is 0 Å². The standard InChI is InChI=1S/C11H16OS2.Li/c13-11(14)12-10-5-6-4-9(10)8-3-1-2-7(6)8;/h6-10H,1-5H2,(H,13,14);/q;+1/p-1/t6-,7?,8?,9-,10?;/m0./s1. The van der Waals surface area contributed by atoms with Crippen molar-refractivity contribution in [2.75, 3.05) is 0 Å². The molecule has 3 rings (SSSR count). The normalized spacial score (nSPS) is 46.0. The Labute approximate surface area is 114 Å². The molecule has 0 aromatic heterocycles. The fourth-order valence-corrected chi connectivity index (χ4v) is 4.51. The van der Waals surface area contributed by atoms with E-state index in [4.69, 9.17) is 29.6 Å². The van der Waals surface area contributed by atoms with Gasteiger partial charge in [-0.3, -0.25) is 0 Å². The van der Waals surface area contributed by atoms with Crippen LogP contribution < -0.4 is 18.9 Å². The molecule has 0 aliphatic heterocycles. The van der Waals surface area contributed by atoms with Gasteiger partial charge in [-0.15, -0.1) is 0 Å². The van der Waals surface area contributed by atoms with Gasteiger partial charge in [0.15, 0.2) is 0 Å². The Morgan fingerprint density at radius 2 is 1.87 bits per heavy atom. The molecule has 3 saturated carbocycles. The Hall–Kier alpha value is 0.707. The van der Waals surface area contributed by atoms with Crippen LogP contribution in [0.25, 0.3) is 0 Å². The van der Waals surface area contributed by atoms with E-state index in [1.807, 2.05) is 0 Å². The van der Waals surface area contributed by atoms with E-state index < -0.39 is 0 Å². The number of hydrogen-bond donors (Lipinski definition) is 0. The Balaban J connectivity index is 0.000000853. The van der Waals surface area contributed by atoms with E-state index in [2.05, 4.69) is 0 Å². The van der Waals surface area contributed by atoms with Gasteiger partial charge in [-0.1, -0.05) is 6.42 Å². The van der Waals surface area contributed by atoms with Gasteiger partial charge in [0, 0.05) is 4.38 Å². The zero-order valence-electron chi connectivity index (χ0n) is 9.15. The second kappa shape index (κ2) is 4.53. The minimum atomic E-state index is 0. The zero-order valence-corrected chi connectivity index (χ0v) is 10.8. The van der Waals surface area contributed by atoms with E-state index in [1.165, 1.54) is 32.1 Å². The molecule has 0 N–H and O–H groups in total. The molecule has 3 aliphatic carbocycles. The molecule has 2 bridgehead atoms. The van der Waals surface area contributed by atoms with Crippen LogP contribution >= 0.6 is 12.2 Å². The van der Waals surface area contributed by atoms with Crippen molar-refractivity contribution in [1.82, 2.24) is 0 Å². The van der Waals surface area contributed by atoms with Crippen LogP contribution in [-0.4, -0.2) is 10.5 Å². The van der Waals surface area contributed by atoms with E-state index >= 15 is 0 Å². The van der Waals surface area contributed by atoms with Gasteiger partial charge in [-0.2, -0.15) is 0 Å². The topological polar surface area (TPSA) is 9.23 Å². The minimum absolute atomic E-state index is 0. The van der Waals surface area contributed by atoms with Crippen molar-refractivity contribution in [3.63, 3.8) is 0 Å². The fraction of sp³-hybridized carbons (Fsp3) is 0.909. The number of thiocarbonyl (C=S) groups is 1. The first-order valence-corrected chi connectivity index (χ1v) is 6.45. The molecule has 0 amide bonds. The summed E-state index contributed by atoms with van der Waals surface area (Å²) in [5.41, 5.74) is 0. The van der Waals surface area contributed by atoms with Crippen LogP contribution in [0.1, 0.15) is 32.1 Å². The summed E-state index contributed by atoms with van der Waals surface area (Å²) in [7, 11) is 0. The molecule has 1 nitrogen and oxygen atoms in total. The minimum Gasteiger partial charge on any atom is -0.510 e. The van der Waals surface area contributed by atoms with Crippen LogP contribution in [0.5, 0.6) is 0 Å². The van der Waals surface area contributed by atoms with Gasteiger partial charge >= 0.3 is 18.9 Å².